The fraction of sp³-hybridized carbons (Fsp3) is 0.571. The van der Waals surface area contributed by atoms with E-state index in [-0.39, 0.29) is 5.82 Å². The Labute approximate surface area is 108 Å². The van der Waals surface area contributed by atoms with Crippen LogP contribution in [0.4, 0.5) is 10.1 Å². The summed E-state index contributed by atoms with van der Waals surface area (Å²) in [4.78, 5) is 2.09. The van der Waals surface area contributed by atoms with Gasteiger partial charge < -0.3 is 15.0 Å². The lowest BCUT2D eigenvalue weighted by molar-refractivity contribution is 0.413. The van der Waals surface area contributed by atoms with Crippen molar-refractivity contribution >= 4 is 5.69 Å². The lowest BCUT2D eigenvalue weighted by atomic mass is 10.2. The Balaban J connectivity index is 2.04. The molecule has 0 saturated carbocycles. The zero-order chi connectivity index (χ0) is 13.0. The molecule has 1 atom stereocenters. The van der Waals surface area contributed by atoms with Gasteiger partial charge in [-0.1, -0.05) is 6.92 Å². The molecule has 0 aliphatic carbocycles. The molecule has 1 unspecified atom stereocenters. The van der Waals surface area contributed by atoms with Gasteiger partial charge in [0, 0.05) is 25.2 Å². The molecule has 18 heavy (non-hydrogen) atoms. The summed E-state index contributed by atoms with van der Waals surface area (Å²) in [7, 11) is 1.60. The number of hydrogen-bond acceptors (Lipinski definition) is 3. The number of nitrogens with one attached hydrogen (secondary N) is 1. The number of rotatable bonds is 5. The molecule has 100 valence electrons. The van der Waals surface area contributed by atoms with E-state index in [2.05, 4.69) is 17.1 Å². The molecule has 1 aliphatic heterocycles. The second-order valence-corrected chi connectivity index (χ2v) is 4.70. The molecule has 1 heterocycles. The predicted octanol–water partition coefficient (Wildman–Crippen LogP) is 2.41. The van der Waals surface area contributed by atoms with Gasteiger partial charge in [0.2, 0.25) is 0 Å². The van der Waals surface area contributed by atoms with Gasteiger partial charge in [0.1, 0.15) is 11.6 Å². The predicted molar refractivity (Wildman–Crippen MR) is 71.9 cm³/mol. The molecule has 1 aromatic carbocycles. The normalized spacial score (nSPS) is 19.3. The van der Waals surface area contributed by atoms with Crippen LogP contribution in [0.25, 0.3) is 0 Å². The zero-order valence-corrected chi connectivity index (χ0v) is 11.1. The van der Waals surface area contributed by atoms with Crippen molar-refractivity contribution in [2.75, 3.05) is 31.6 Å². The van der Waals surface area contributed by atoms with E-state index in [1.165, 1.54) is 6.07 Å². The van der Waals surface area contributed by atoms with Crippen molar-refractivity contribution in [1.29, 1.82) is 0 Å². The number of nitrogens with zero attached hydrogens (tertiary/aromatic N) is 1. The summed E-state index contributed by atoms with van der Waals surface area (Å²) in [5, 5.41) is 3.48. The van der Waals surface area contributed by atoms with E-state index in [4.69, 9.17) is 4.74 Å². The lowest BCUT2D eigenvalue weighted by Gasteiger charge is -2.20. The molecule has 0 bridgehead atoms. The van der Waals surface area contributed by atoms with Crippen LogP contribution in [-0.2, 0) is 0 Å². The van der Waals surface area contributed by atoms with Crippen LogP contribution in [0.1, 0.15) is 19.8 Å². The summed E-state index contributed by atoms with van der Waals surface area (Å²) in [6.07, 6.45) is 2.20. The molecular weight excluding hydrogens is 231 g/mol. The van der Waals surface area contributed by atoms with E-state index in [1.54, 1.807) is 19.2 Å². The number of hydrogen-bond donors (Lipinski definition) is 1. The minimum Gasteiger partial charge on any atom is -0.497 e. The van der Waals surface area contributed by atoms with Gasteiger partial charge >= 0.3 is 0 Å². The van der Waals surface area contributed by atoms with Crippen LogP contribution in [-0.4, -0.2) is 32.8 Å². The molecule has 2 rings (SSSR count). The highest BCUT2D eigenvalue weighted by atomic mass is 19.1. The number of ether oxygens (including phenoxy) is 1. The Morgan fingerprint density at radius 2 is 2.33 bits per heavy atom. The summed E-state index contributed by atoms with van der Waals surface area (Å²) in [5.74, 6) is 0.531. The molecule has 0 radical (unpaired) electrons. The summed E-state index contributed by atoms with van der Waals surface area (Å²) in [5.41, 5.74) is 0.648. The standard InChI is InChI=1S/C14H21FN2O/c1-3-7-16-11-6-8-17(10-11)14-9-12(18-2)4-5-13(14)15/h4-5,9,11,16H,3,6-8,10H2,1-2H3. The van der Waals surface area contributed by atoms with Gasteiger partial charge in [-0.2, -0.15) is 0 Å². The molecule has 3 nitrogen and oxygen atoms in total. The molecule has 1 saturated heterocycles. The van der Waals surface area contributed by atoms with E-state index in [0.29, 0.717) is 17.5 Å². The third-order valence-corrected chi connectivity index (χ3v) is 3.37. The third kappa shape index (κ3) is 2.93. The first-order valence-corrected chi connectivity index (χ1v) is 6.56. The van der Waals surface area contributed by atoms with Gasteiger partial charge in [0.05, 0.1) is 12.8 Å². The first-order chi connectivity index (χ1) is 8.74. The largest absolute Gasteiger partial charge is 0.497 e. The number of anilines is 1. The van der Waals surface area contributed by atoms with Crippen LogP contribution >= 0.6 is 0 Å². The van der Waals surface area contributed by atoms with Crippen LogP contribution in [0.5, 0.6) is 5.75 Å². The maximum absolute atomic E-state index is 13.8. The van der Waals surface area contributed by atoms with Crippen LogP contribution < -0.4 is 15.0 Å². The Morgan fingerprint density at radius 1 is 1.50 bits per heavy atom. The summed E-state index contributed by atoms with van der Waals surface area (Å²) in [6, 6.07) is 5.37. The molecule has 0 aromatic heterocycles. The van der Waals surface area contributed by atoms with Gasteiger partial charge in [-0.25, -0.2) is 4.39 Å². The molecule has 1 N–H and O–H groups in total. The van der Waals surface area contributed by atoms with Gasteiger partial charge in [0.15, 0.2) is 0 Å². The highest BCUT2D eigenvalue weighted by molar-refractivity contribution is 5.53. The second-order valence-electron chi connectivity index (χ2n) is 4.70. The van der Waals surface area contributed by atoms with Crippen LogP contribution in [0, 0.1) is 5.82 Å². The highest BCUT2D eigenvalue weighted by Gasteiger charge is 2.24. The molecule has 4 heteroatoms. The lowest BCUT2D eigenvalue weighted by Crippen LogP contribution is -2.33. The van der Waals surface area contributed by atoms with E-state index >= 15 is 0 Å². The first-order valence-electron chi connectivity index (χ1n) is 6.56. The van der Waals surface area contributed by atoms with Gasteiger partial charge in [0.25, 0.3) is 0 Å². The summed E-state index contributed by atoms with van der Waals surface area (Å²) >= 11 is 0. The minimum atomic E-state index is -0.174. The van der Waals surface area contributed by atoms with E-state index < -0.39 is 0 Å². The van der Waals surface area contributed by atoms with E-state index in [0.717, 1.165) is 32.5 Å². The van der Waals surface area contributed by atoms with E-state index in [9.17, 15) is 4.39 Å². The van der Waals surface area contributed by atoms with Crippen molar-refractivity contribution in [1.82, 2.24) is 5.32 Å². The van der Waals surface area contributed by atoms with Gasteiger partial charge in [-0.15, -0.1) is 0 Å². The Hall–Kier alpha value is -1.29. The van der Waals surface area contributed by atoms with Crippen molar-refractivity contribution in [2.24, 2.45) is 0 Å². The first kappa shape index (κ1) is 13.1. The molecule has 0 spiro atoms. The third-order valence-electron chi connectivity index (χ3n) is 3.37. The fourth-order valence-electron chi connectivity index (χ4n) is 2.36. The smallest absolute Gasteiger partial charge is 0.146 e. The summed E-state index contributed by atoms with van der Waals surface area (Å²) < 4.78 is 19.0. The Morgan fingerprint density at radius 3 is 3.06 bits per heavy atom. The monoisotopic (exact) mass is 252 g/mol. The number of halogens is 1. The number of benzene rings is 1. The quantitative estimate of drug-likeness (QED) is 0.871. The molecule has 1 aliphatic rings. The molecule has 0 amide bonds. The highest BCUT2D eigenvalue weighted by Crippen LogP contribution is 2.27. The SMILES string of the molecule is CCCNC1CCN(c2cc(OC)ccc2F)C1. The van der Waals surface area contributed by atoms with Crippen molar-refractivity contribution in [3.05, 3.63) is 24.0 Å². The van der Waals surface area contributed by atoms with E-state index in [1.807, 2.05) is 0 Å². The average Bonchev–Trinajstić information content (AvgIpc) is 2.85. The summed E-state index contributed by atoms with van der Waals surface area (Å²) in [6.45, 7) is 4.94. The van der Waals surface area contributed by atoms with Crippen molar-refractivity contribution in [3.8, 4) is 5.75 Å². The maximum Gasteiger partial charge on any atom is 0.146 e. The minimum absolute atomic E-state index is 0.174. The molecule has 1 fully saturated rings. The molecular formula is C14H21FN2O. The average molecular weight is 252 g/mol. The Bertz CT molecular complexity index is 397. The topological polar surface area (TPSA) is 24.5 Å². The molecule has 1 aromatic rings. The Kier molecular flexibility index (Phi) is 4.42. The van der Waals surface area contributed by atoms with Gasteiger partial charge in [-0.3, -0.25) is 0 Å². The number of methoxy groups -OCH3 is 1. The maximum atomic E-state index is 13.8. The second kappa shape index (κ2) is 6.05. The fourth-order valence-corrected chi connectivity index (χ4v) is 2.36. The van der Waals surface area contributed by atoms with Crippen molar-refractivity contribution in [2.45, 2.75) is 25.8 Å². The van der Waals surface area contributed by atoms with Crippen molar-refractivity contribution in [3.63, 3.8) is 0 Å². The van der Waals surface area contributed by atoms with Gasteiger partial charge in [-0.05, 0) is 31.5 Å². The van der Waals surface area contributed by atoms with Crippen LogP contribution in [0.2, 0.25) is 0 Å². The van der Waals surface area contributed by atoms with Crippen LogP contribution in [0.15, 0.2) is 18.2 Å². The zero-order valence-electron chi connectivity index (χ0n) is 11.1. The van der Waals surface area contributed by atoms with Crippen molar-refractivity contribution < 1.29 is 9.13 Å². The van der Waals surface area contributed by atoms with Crippen LogP contribution in [0.3, 0.4) is 0 Å².